The van der Waals surface area contributed by atoms with Gasteiger partial charge in [0.2, 0.25) is 0 Å². The van der Waals surface area contributed by atoms with E-state index in [1.165, 1.54) is 35.4 Å². The Kier molecular flexibility index (Phi) is 5.00. The molecule has 0 radical (unpaired) electrons. The highest BCUT2D eigenvalue weighted by Gasteiger charge is 2.18. The van der Waals surface area contributed by atoms with Gasteiger partial charge in [0, 0.05) is 30.8 Å². The van der Waals surface area contributed by atoms with Gasteiger partial charge in [0.05, 0.1) is 5.56 Å². The average Bonchev–Trinajstić information content (AvgIpc) is 3.20. The lowest BCUT2D eigenvalue weighted by Crippen LogP contribution is -2.25. The molecule has 3 aromatic rings. The fourth-order valence-corrected chi connectivity index (χ4v) is 3.37. The second-order valence-corrected chi connectivity index (χ2v) is 6.77. The second kappa shape index (κ2) is 7.74. The lowest BCUT2D eigenvalue weighted by Gasteiger charge is -2.10. The Balaban J connectivity index is 1.52. The van der Waals surface area contributed by atoms with E-state index in [1.807, 2.05) is 6.07 Å². The average molecular weight is 374 g/mol. The number of ketones is 1. The molecule has 1 aliphatic rings. The number of fused-ring (bicyclic) bond motifs is 1. The zero-order chi connectivity index (χ0) is 19.5. The molecule has 4 rings (SSSR count). The van der Waals surface area contributed by atoms with Crippen LogP contribution in [0, 0.1) is 5.82 Å². The molecule has 0 unspecified atom stereocenters. The SMILES string of the molecule is O=C(NCc1ccc2c(c1)CNC2)c1ccccc1C(=O)c1ccc(F)cc1. The van der Waals surface area contributed by atoms with Crippen molar-refractivity contribution in [1.82, 2.24) is 10.6 Å². The number of halogens is 1. The Hall–Kier alpha value is -3.31. The maximum Gasteiger partial charge on any atom is 0.252 e. The zero-order valence-electron chi connectivity index (χ0n) is 15.2. The third kappa shape index (κ3) is 3.70. The van der Waals surface area contributed by atoms with Crippen LogP contribution in [0.15, 0.2) is 66.7 Å². The molecule has 0 saturated heterocycles. The molecule has 0 bridgehead atoms. The van der Waals surface area contributed by atoms with Gasteiger partial charge in [0.1, 0.15) is 5.82 Å². The Morgan fingerprint density at radius 2 is 1.61 bits per heavy atom. The molecule has 0 aliphatic carbocycles. The van der Waals surface area contributed by atoms with Crippen LogP contribution in [0.1, 0.15) is 43.0 Å². The van der Waals surface area contributed by atoms with Crippen molar-refractivity contribution in [2.45, 2.75) is 19.6 Å². The molecule has 28 heavy (non-hydrogen) atoms. The molecule has 140 valence electrons. The summed E-state index contributed by atoms with van der Waals surface area (Å²) in [5.41, 5.74) is 4.49. The van der Waals surface area contributed by atoms with Crippen LogP contribution >= 0.6 is 0 Å². The molecule has 4 nitrogen and oxygen atoms in total. The highest BCUT2D eigenvalue weighted by molar-refractivity contribution is 6.15. The zero-order valence-corrected chi connectivity index (χ0v) is 15.2. The van der Waals surface area contributed by atoms with Gasteiger partial charge in [-0.2, -0.15) is 0 Å². The van der Waals surface area contributed by atoms with Crippen molar-refractivity contribution in [3.05, 3.63) is 106 Å². The van der Waals surface area contributed by atoms with Gasteiger partial charge in [-0.05, 0) is 47.0 Å². The van der Waals surface area contributed by atoms with E-state index in [0.29, 0.717) is 23.2 Å². The van der Waals surface area contributed by atoms with E-state index in [4.69, 9.17) is 0 Å². The van der Waals surface area contributed by atoms with Crippen LogP contribution in [0.5, 0.6) is 0 Å². The molecule has 0 spiro atoms. The molecule has 2 N–H and O–H groups in total. The summed E-state index contributed by atoms with van der Waals surface area (Å²) in [6.45, 7) is 2.10. The summed E-state index contributed by atoms with van der Waals surface area (Å²) in [5.74, 6) is -1.04. The maximum atomic E-state index is 13.1. The summed E-state index contributed by atoms with van der Waals surface area (Å²) in [6, 6.07) is 18.1. The van der Waals surface area contributed by atoms with Crippen LogP contribution in [0.4, 0.5) is 4.39 Å². The third-order valence-corrected chi connectivity index (χ3v) is 4.88. The first-order valence-corrected chi connectivity index (χ1v) is 9.11. The van der Waals surface area contributed by atoms with Crippen molar-refractivity contribution in [2.75, 3.05) is 0 Å². The van der Waals surface area contributed by atoms with E-state index < -0.39 is 5.82 Å². The molecule has 1 amide bonds. The first-order valence-electron chi connectivity index (χ1n) is 9.11. The Morgan fingerprint density at radius 1 is 0.893 bits per heavy atom. The fraction of sp³-hybridized carbons (Fsp3) is 0.130. The quantitative estimate of drug-likeness (QED) is 0.671. The summed E-state index contributed by atoms with van der Waals surface area (Å²) in [6.07, 6.45) is 0. The summed E-state index contributed by atoms with van der Waals surface area (Å²) in [5, 5.41) is 6.19. The molecule has 0 saturated carbocycles. The number of benzene rings is 3. The minimum Gasteiger partial charge on any atom is -0.348 e. The van der Waals surface area contributed by atoms with E-state index in [-0.39, 0.29) is 11.7 Å². The van der Waals surface area contributed by atoms with E-state index >= 15 is 0 Å². The lowest BCUT2D eigenvalue weighted by molar-refractivity contribution is 0.0939. The number of amides is 1. The predicted molar refractivity (Wildman–Crippen MR) is 104 cm³/mol. The van der Waals surface area contributed by atoms with Crippen molar-refractivity contribution in [3.63, 3.8) is 0 Å². The number of carbonyl (C=O) groups excluding carboxylic acids is 2. The van der Waals surface area contributed by atoms with Gasteiger partial charge in [-0.1, -0.05) is 36.4 Å². The Labute approximate surface area is 162 Å². The highest BCUT2D eigenvalue weighted by atomic mass is 19.1. The van der Waals surface area contributed by atoms with Crippen LogP contribution in [0.3, 0.4) is 0 Å². The monoisotopic (exact) mass is 374 g/mol. The molecule has 3 aromatic carbocycles. The minimum absolute atomic E-state index is 0.296. The van der Waals surface area contributed by atoms with Gasteiger partial charge < -0.3 is 10.6 Å². The van der Waals surface area contributed by atoms with Crippen LogP contribution in [-0.2, 0) is 19.6 Å². The highest BCUT2D eigenvalue weighted by Crippen LogP contribution is 2.18. The number of nitrogens with one attached hydrogen (secondary N) is 2. The first-order chi connectivity index (χ1) is 13.6. The van der Waals surface area contributed by atoms with Crippen molar-refractivity contribution < 1.29 is 14.0 Å². The molecular weight excluding hydrogens is 355 g/mol. The van der Waals surface area contributed by atoms with Crippen molar-refractivity contribution in [3.8, 4) is 0 Å². The molecule has 0 fully saturated rings. The van der Waals surface area contributed by atoms with Gasteiger partial charge in [-0.3, -0.25) is 9.59 Å². The van der Waals surface area contributed by atoms with E-state index in [9.17, 15) is 14.0 Å². The van der Waals surface area contributed by atoms with Crippen molar-refractivity contribution in [1.29, 1.82) is 0 Å². The fourth-order valence-electron chi connectivity index (χ4n) is 3.37. The van der Waals surface area contributed by atoms with Crippen molar-refractivity contribution in [2.24, 2.45) is 0 Å². The van der Waals surface area contributed by atoms with Gasteiger partial charge >= 0.3 is 0 Å². The number of rotatable bonds is 5. The van der Waals surface area contributed by atoms with Crippen LogP contribution < -0.4 is 10.6 Å². The molecule has 0 aromatic heterocycles. The molecule has 0 atom stereocenters. The molecule has 1 heterocycles. The van der Waals surface area contributed by atoms with E-state index in [1.54, 1.807) is 24.3 Å². The summed E-state index contributed by atoms with van der Waals surface area (Å²) < 4.78 is 13.1. The Morgan fingerprint density at radius 3 is 2.39 bits per heavy atom. The van der Waals surface area contributed by atoms with Crippen LogP contribution in [-0.4, -0.2) is 11.7 Å². The lowest BCUT2D eigenvalue weighted by atomic mass is 9.98. The molecular formula is C23H19FN2O2. The summed E-state index contributed by atoms with van der Waals surface area (Å²) in [7, 11) is 0. The van der Waals surface area contributed by atoms with Gasteiger partial charge in [0.15, 0.2) is 5.78 Å². The normalized spacial score (nSPS) is 12.5. The predicted octanol–water partition coefficient (Wildman–Crippen LogP) is 3.59. The van der Waals surface area contributed by atoms with Crippen LogP contribution in [0.2, 0.25) is 0 Å². The standard InChI is InChI=1S/C23H19FN2O2/c24-19-9-7-16(8-10-19)22(27)20-3-1-2-4-21(20)23(28)26-12-15-5-6-17-13-25-14-18(17)11-15/h1-11,25H,12-14H2,(H,26,28). The van der Waals surface area contributed by atoms with E-state index in [0.717, 1.165) is 18.7 Å². The smallest absolute Gasteiger partial charge is 0.252 e. The summed E-state index contributed by atoms with van der Waals surface area (Å²) in [4.78, 5) is 25.5. The van der Waals surface area contributed by atoms with E-state index in [2.05, 4.69) is 22.8 Å². The van der Waals surface area contributed by atoms with Gasteiger partial charge in [0.25, 0.3) is 5.91 Å². The molecule has 1 aliphatic heterocycles. The van der Waals surface area contributed by atoms with Crippen molar-refractivity contribution >= 4 is 11.7 Å². The topological polar surface area (TPSA) is 58.2 Å². The number of carbonyl (C=O) groups is 2. The van der Waals surface area contributed by atoms with Gasteiger partial charge in [-0.25, -0.2) is 4.39 Å². The number of hydrogen-bond donors (Lipinski definition) is 2. The largest absolute Gasteiger partial charge is 0.348 e. The minimum atomic E-state index is -0.410. The first kappa shape index (κ1) is 18.1. The molecule has 5 heteroatoms. The third-order valence-electron chi connectivity index (χ3n) is 4.88. The summed E-state index contributed by atoms with van der Waals surface area (Å²) >= 11 is 0. The Bertz CT molecular complexity index is 1040. The van der Waals surface area contributed by atoms with Gasteiger partial charge in [-0.15, -0.1) is 0 Å². The maximum absolute atomic E-state index is 13.1. The number of hydrogen-bond acceptors (Lipinski definition) is 3. The second-order valence-electron chi connectivity index (χ2n) is 6.77. The van der Waals surface area contributed by atoms with Crippen LogP contribution in [0.25, 0.3) is 0 Å².